The number of nitrogens with one attached hydrogen (secondary N) is 1. The van der Waals surface area contributed by atoms with Gasteiger partial charge >= 0.3 is 0 Å². The van der Waals surface area contributed by atoms with Crippen LogP contribution in [0.4, 0.5) is 0 Å². The molecule has 1 aliphatic carbocycles. The number of hydrogen-bond donors (Lipinski definition) is 1. The van der Waals surface area contributed by atoms with E-state index in [9.17, 15) is 0 Å². The molecule has 0 radical (unpaired) electrons. The smallest absolute Gasteiger partial charge is 0.0453 e. The van der Waals surface area contributed by atoms with Gasteiger partial charge < -0.3 is 5.32 Å². The third kappa shape index (κ3) is 3.27. The summed E-state index contributed by atoms with van der Waals surface area (Å²) in [6.45, 7) is 6.94. The van der Waals surface area contributed by atoms with Crippen molar-refractivity contribution >= 4 is 11.6 Å². The molecular weight excluding hydrogens is 242 g/mol. The molecule has 1 aromatic carbocycles. The highest BCUT2D eigenvalue weighted by Gasteiger charge is 2.26. The summed E-state index contributed by atoms with van der Waals surface area (Å²) >= 11 is 6.26. The molecule has 0 heterocycles. The van der Waals surface area contributed by atoms with Gasteiger partial charge in [0.1, 0.15) is 0 Å². The number of halogens is 1. The normalized spacial score (nSPS) is 30.1. The largest absolute Gasteiger partial charge is 0.307 e. The van der Waals surface area contributed by atoms with E-state index in [0.717, 1.165) is 16.9 Å². The van der Waals surface area contributed by atoms with E-state index in [-0.39, 0.29) is 0 Å². The Kier molecular flexibility index (Phi) is 4.69. The zero-order chi connectivity index (χ0) is 13.1. The van der Waals surface area contributed by atoms with Crippen LogP contribution < -0.4 is 5.32 Å². The van der Waals surface area contributed by atoms with Crippen LogP contribution in [0.5, 0.6) is 0 Å². The van der Waals surface area contributed by atoms with Crippen LogP contribution in [0.15, 0.2) is 24.3 Å². The van der Waals surface area contributed by atoms with Crippen LogP contribution in [0.25, 0.3) is 0 Å². The molecule has 100 valence electrons. The van der Waals surface area contributed by atoms with Crippen molar-refractivity contribution < 1.29 is 0 Å². The molecule has 0 saturated heterocycles. The van der Waals surface area contributed by atoms with Gasteiger partial charge in [0.2, 0.25) is 0 Å². The topological polar surface area (TPSA) is 12.0 Å². The Bertz CT molecular complexity index is 390. The summed E-state index contributed by atoms with van der Waals surface area (Å²) in [7, 11) is 0. The van der Waals surface area contributed by atoms with Crippen LogP contribution in [0.1, 0.15) is 51.6 Å². The molecule has 0 aliphatic heterocycles. The minimum Gasteiger partial charge on any atom is -0.307 e. The van der Waals surface area contributed by atoms with Crippen molar-refractivity contribution in [2.75, 3.05) is 0 Å². The SMILES string of the molecule is CC1CCC(C)C(NC(C)c2ccccc2Cl)C1. The zero-order valence-electron chi connectivity index (χ0n) is 11.6. The molecule has 1 N–H and O–H groups in total. The van der Waals surface area contributed by atoms with Gasteiger partial charge in [-0.3, -0.25) is 0 Å². The van der Waals surface area contributed by atoms with Crippen molar-refractivity contribution in [2.24, 2.45) is 11.8 Å². The fourth-order valence-corrected chi connectivity index (χ4v) is 3.30. The zero-order valence-corrected chi connectivity index (χ0v) is 12.4. The van der Waals surface area contributed by atoms with E-state index in [1.165, 1.54) is 24.8 Å². The summed E-state index contributed by atoms with van der Waals surface area (Å²) in [6, 6.07) is 9.10. The summed E-state index contributed by atoms with van der Waals surface area (Å²) in [5.74, 6) is 1.61. The molecule has 4 unspecified atom stereocenters. The Morgan fingerprint density at radius 2 is 1.94 bits per heavy atom. The van der Waals surface area contributed by atoms with E-state index < -0.39 is 0 Å². The molecule has 1 aromatic rings. The third-order valence-electron chi connectivity index (χ3n) is 4.29. The van der Waals surface area contributed by atoms with Crippen LogP contribution in [0.3, 0.4) is 0 Å². The number of hydrogen-bond acceptors (Lipinski definition) is 1. The lowest BCUT2D eigenvalue weighted by molar-refractivity contribution is 0.216. The summed E-state index contributed by atoms with van der Waals surface area (Å²) < 4.78 is 0. The molecule has 2 heteroatoms. The van der Waals surface area contributed by atoms with Crippen LogP contribution in [0.2, 0.25) is 5.02 Å². The Labute approximate surface area is 116 Å². The van der Waals surface area contributed by atoms with Crippen LogP contribution in [0, 0.1) is 11.8 Å². The van der Waals surface area contributed by atoms with E-state index in [0.29, 0.717) is 12.1 Å². The summed E-state index contributed by atoms with van der Waals surface area (Å²) in [4.78, 5) is 0. The average Bonchev–Trinajstić information content (AvgIpc) is 2.34. The first-order valence-electron chi connectivity index (χ1n) is 7.08. The predicted octanol–water partition coefficient (Wildman–Crippen LogP) is 4.82. The first-order chi connectivity index (χ1) is 8.58. The monoisotopic (exact) mass is 265 g/mol. The first-order valence-corrected chi connectivity index (χ1v) is 7.46. The molecule has 18 heavy (non-hydrogen) atoms. The Hall–Kier alpha value is -0.530. The van der Waals surface area contributed by atoms with Gasteiger partial charge in [-0.15, -0.1) is 0 Å². The van der Waals surface area contributed by atoms with Gasteiger partial charge in [0.05, 0.1) is 0 Å². The van der Waals surface area contributed by atoms with Crippen molar-refractivity contribution in [3.8, 4) is 0 Å². The first kappa shape index (κ1) is 13.9. The number of rotatable bonds is 3. The average molecular weight is 266 g/mol. The van der Waals surface area contributed by atoms with Gasteiger partial charge in [-0.25, -0.2) is 0 Å². The van der Waals surface area contributed by atoms with Gasteiger partial charge in [0, 0.05) is 17.1 Å². The van der Waals surface area contributed by atoms with Crippen LogP contribution in [-0.2, 0) is 0 Å². The Morgan fingerprint density at radius 3 is 2.67 bits per heavy atom. The second-order valence-electron chi connectivity index (χ2n) is 5.91. The fraction of sp³-hybridized carbons (Fsp3) is 0.625. The maximum absolute atomic E-state index is 6.26. The second kappa shape index (κ2) is 6.08. The van der Waals surface area contributed by atoms with Crippen molar-refractivity contribution in [2.45, 2.75) is 52.1 Å². The second-order valence-corrected chi connectivity index (χ2v) is 6.32. The molecule has 1 aliphatic rings. The van der Waals surface area contributed by atoms with Gasteiger partial charge in [-0.05, 0) is 43.2 Å². The van der Waals surface area contributed by atoms with Crippen LogP contribution in [-0.4, -0.2) is 6.04 Å². The summed E-state index contributed by atoms with van der Waals surface area (Å²) in [5, 5.41) is 4.64. The maximum atomic E-state index is 6.26. The van der Waals surface area contributed by atoms with Gasteiger partial charge in [-0.2, -0.15) is 0 Å². The highest BCUT2D eigenvalue weighted by Crippen LogP contribution is 2.31. The molecule has 0 aromatic heterocycles. The van der Waals surface area contributed by atoms with Crippen molar-refractivity contribution in [3.05, 3.63) is 34.9 Å². The Morgan fingerprint density at radius 1 is 1.22 bits per heavy atom. The molecule has 2 rings (SSSR count). The Balaban J connectivity index is 2.02. The standard InChI is InChI=1S/C16H24ClN/c1-11-8-9-12(2)16(10-11)18-13(3)14-6-4-5-7-15(14)17/h4-7,11-13,16,18H,8-10H2,1-3H3. The van der Waals surface area contributed by atoms with Gasteiger partial charge in [0.15, 0.2) is 0 Å². The lowest BCUT2D eigenvalue weighted by Crippen LogP contribution is -2.40. The van der Waals surface area contributed by atoms with Crippen molar-refractivity contribution in [1.29, 1.82) is 0 Å². The highest BCUT2D eigenvalue weighted by molar-refractivity contribution is 6.31. The molecule has 0 amide bonds. The van der Waals surface area contributed by atoms with Crippen LogP contribution >= 0.6 is 11.6 Å². The predicted molar refractivity (Wildman–Crippen MR) is 79.0 cm³/mol. The van der Waals surface area contributed by atoms with E-state index in [4.69, 9.17) is 11.6 Å². The molecule has 1 fully saturated rings. The molecule has 1 saturated carbocycles. The maximum Gasteiger partial charge on any atom is 0.0453 e. The van der Waals surface area contributed by atoms with Gasteiger partial charge in [0.25, 0.3) is 0 Å². The van der Waals surface area contributed by atoms with E-state index in [1.54, 1.807) is 0 Å². The molecule has 0 spiro atoms. The number of benzene rings is 1. The van der Waals surface area contributed by atoms with Crippen molar-refractivity contribution in [1.82, 2.24) is 5.32 Å². The third-order valence-corrected chi connectivity index (χ3v) is 4.64. The summed E-state index contributed by atoms with van der Waals surface area (Å²) in [6.07, 6.45) is 4.00. The minimum absolute atomic E-state index is 0.330. The fourth-order valence-electron chi connectivity index (χ4n) is 3.00. The minimum atomic E-state index is 0.330. The molecule has 0 bridgehead atoms. The van der Waals surface area contributed by atoms with Gasteiger partial charge in [-0.1, -0.05) is 50.1 Å². The highest BCUT2D eigenvalue weighted by atomic mass is 35.5. The van der Waals surface area contributed by atoms with E-state index in [2.05, 4.69) is 38.2 Å². The molecular formula is C16H24ClN. The van der Waals surface area contributed by atoms with E-state index in [1.807, 2.05) is 12.1 Å². The van der Waals surface area contributed by atoms with Crippen molar-refractivity contribution in [3.63, 3.8) is 0 Å². The summed E-state index contributed by atoms with van der Waals surface area (Å²) in [5.41, 5.74) is 1.21. The lowest BCUT2D eigenvalue weighted by atomic mass is 9.79. The lowest BCUT2D eigenvalue weighted by Gasteiger charge is -2.35. The molecule has 4 atom stereocenters. The quantitative estimate of drug-likeness (QED) is 0.827. The van der Waals surface area contributed by atoms with E-state index >= 15 is 0 Å². The molecule has 1 nitrogen and oxygen atoms in total.